The summed E-state index contributed by atoms with van der Waals surface area (Å²) in [5.74, 6) is 1.60. The number of aryl methyl sites for hydroxylation is 1. The molecule has 0 N–H and O–H groups in total. The van der Waals surface area contributed by atoms with E-state index in [2.05, 4.69) is 14.8 Å². The summed E-state index contributed by atoms with van der Waals surface area (Å²) < 4.78 is 13.2. The Morgan fingerprint density at radius 2 is 2.03 bits per heavy atom. The molecule has 1 amide bonds. The standard InChI is InChI=1S/C23H28N4O3/c1-16-13-20(17(2)27(16)11-12-29-3)23(28)26-10-9-18(15-26)14-21-24-25-22(30-21)19-7-5-4-6-8-19/h4-8,13,18H,9-12,14-15H2,1-3H3. The summed E-state index contributed by atoms with van der Waals surface area (Å²) in [6.07, 6.45) is 1.63. The number of methoxy groups -OCH3 is 1. The number of aromatic nitrogens is 3. The van der Waals surface area contributed by atoms with Crippen LogP contribution in [0.2, 0.25) is 0 Å². The number of hydrogen-bond donors (Lipinski definition) is 0. The first-order valence-electron chi connectivity index (χ1n) is 10.4. The zero-order valence-corrected chi connectivity index (χ0v) is 17.8. The normalized spacial score (nSPS) is 16.4. The molecule has 158 valence electrons. The molecule has 2 aromatic heterocycles. The van der Waals surface area contributed by atoms with Crippen LogP contribution in [0.1, 0.15) is 34.1 Å². The minimum atomic E-state index is 0.102. The third-order valence-corrected chi connectivity index (χ3v) is 5.85. The summed E-state index contributed by atoms with van der Waals surface area (Å²) in [5.41, 5.74) is 3.79. The number of rotatable bonds is 7. The highest BCUT2D eigenvalue weighted by molar-refractivity contribution is 5.96. The lowest BCUT2D eigenvalue weighted by atomic mass is 10.1. The second-order valence-electron chi connectivity index (χ2n) is 7.91. The van der Waals surface area contributed by atoms with E-state index in [4.69, 9.17) is 9.15 Å². The maximum Gasteiger partial charge on any atom is 0.255 e. The van der Waals surface area contributed by atoms with Crippen LogP contribution < -0.4 is 0 Å². The number of hydrogen-bond acceptors (Lipinski definition) is 5. The van der Waals surface area contributed by atoms with Crippen molar-refractivity contribution in [1.29, 1.82) is 0 Å². The van der Waals surface area contributed by atoms with E-state index in [0.29, 0.717) is 37.3 Å². The summed E-state index contributed by atoms with van der Waals surface area (Å²) in [6, 6.07) is 11.8. The highest BCUT2D eigenvalue weighted by atomic mass is 16.5. The molecule has 1 saturated heterocycles. The van der Waals surface area contributed by atoms with Crippen molar-refractivity contribution in [3.63, 3.8) is 0 Å². The van der Waals surface area contributed by atoms with Crippen molar-refractivity contribution in [3.05, 3.63) is 59.2 Å². The van der Waals surface area contributed by atoms with Crippen LogP contribution in [0.25, 0.3) is 11.5 Å². The summed E-state index contributed by atoms with van der Waals surface area (Å²) in [6.45, 7) is 6.89. The van der Waals surface area contributed by atoms with Crippen LogP contribution in [0.5, 0.6) is 0 Å². The van der Waals surface area contributed by atoms with Gasteiger partial charge in [-0.15, -0.1) is 10.2 Å². The molecule has 1 aliphatic heterocycles. The van der Waals surface area contributed by atoms with E-state index in [1.165, 1.54) is 0 Å². The van der Waals surface area contributed by atoms with E-state index in [1.807, 2.05) is 55.1 Å². The first-order chi connectivity index (χ1) is 14.6. The molecule has 0 aliphatic carbocycles. The van der Waals surface area contributed by atoms with Crippen molar-refractivity contribution in [1.82, 2.24) is 19.7 Å². The smallest absolute Gasteiger partial charge is 0.255 e. The van der Waals surface area contributed by atoms with Crippen molar-refractivity contribution in [2.45, 2.75) is 33.2 Å². The summed E-state index contributed by atoms with van der Waals surface area (Å²) >= 11 is 0. The first-order valence-corrected chi connectivity index (χ1v) is 10.4. The first kappa shape index (κ1) is 20.3. The number of carbonyl (C=O) groups excluding carboxylic acids is 1. The van der Waals surface area contributed by atoms with Crippen LogP contribution in [-0.2, 0) is 17.7 Å². The van der Waals surface area contributed by atoms with Crippen molar-refractivity contribution in [2.75, 3.05) is 26.8 Å². The average Bonchev–Trinajstić information content (AvgIpc) is 3.48. The molecule has 1 fully saturated rings. The van der Waals surface area contributed by atoms with Crippen molar-refractivity contribution >= 4 is 5.91 Å². The van der Waals surface area contributed by atoms with Gasteiger partial charge in [-0.05, 0) is 44.4 Å². The molecular weight excluding hydrogens is 380 g/mol. The van der Waals surface area contributed by atoms with E-state index in [-0.39, 0.29) is 5.91 Å². The Kier molecular flexibility index (Phi) is 5.99. The molecule has 4 rings (SSSR count). The SMILES string of the molecule is COCCn1c(C)cc(C(=O)N2CCC(Cc3nnc(-c4ccccc4)o3)C2)c1C. The second kappa shape index (κ2) is 8.83. The Hall–Kier alpha value is -2.93. The van der Waals surface area contributed by atoms with Gasteiger partial charge in [0.2, 0.25) is 11.8 Å². The minimum Gasteiger partial charge on any atom is -0.421 e. The monoisotopic (exact) mass is 408 g/mol. The Morgan fingerprint density at radius 3 is 2.80 bits per heavy atom. The molecule has 3 heterocycles. The number of benzene rings is 1. The maximum atomic E-state index is 13.1. The molecule has 1 aliphatic rings. The number of amides is 1. The molecular formula is C23H28N4O3. The van der Waals surface area contributed by atoms with Crippen molar-refractivity contribution < 1.29 is 13.9 Å². The molecule has 0 spiro atoms. The Morgan fingerprint density at radius 1 is 1.23 bits per heavy atom. The van der Waals surface area contributed by atoms with E-state index >= 15 is 0 Å². The highest BCUT2D eigenvalue weighted by Gasteiger charge is 2.30. The highest BCUT2D eigenvalue weighted by Crippen LogP contribution is 2.25. The molecule has 0 radical (unpaired) electrons. The summed E-state index contributed by atoms with van der Waals surface area (Å²) in [7, 11) is 1.69. The van der Waals surface area contributed by atoms with E-state index in [9.17, 15) is 4.79 Å². The lowest BCUT2D eigenvalue weighted by Gasteiger charge is -2.16. The lowest BCUT2D eigenvalue weighted by Crippen LogP contribution is -2.29. The Bertz CT molecular complexity index is 1010. The minimum absolute atomic E-state index is 0.102. The molecule has 7 nitrogen and oxygen atoms in total. The molecule has 1 unspecified atom stereocenters. The molecule has 30 heavy (non-hydrogen) atoms. The topological polar surface area (TPSA) is 73.4 Å². The van der Waals surface area contributed by atoms with Crippen LogP contribution in [0.3, 0.4) is 0 Å². The zero-order valence-electron chi connectivity index (χ0n) is 17.8. The van der Waals surface area contributed by atoms with Crippen LogP contribution >= 0.6 is 0 Å². The molecule has 1 atom stereocenters. The molecule has 7 heteroatoms. The van der Waals surface area contributed by atoms with Crippen molar-refractivity contribution in [2.24, 2.45) is 5.92 Å². The third kappa shape index (κ3) is 4.16. The third-order valence-electron chi connectivity index (χ3n) is 5.85. The predicted octanol–water partition coefficient (Wildman–Crippen LogP) is 3.51. The number of ether oxygens (including phenoxy) is 1. The zero-order chi connectivity index (χ0) is 21.1. The summed E-state index contributed by atoms with van der Waals surface area (Å²) in [5, 5.41) is 8.37. The van der Waals surface area contributed by atoms with E-state index in [1.54, 1.807) is 7.11 Å². The fourth-order valence-electron chi connectivity index (χ4n) is 4.18. The van der Waals surface area contributed by atoms with Gasteiger partial charge < -0.3 is 18.6 Å². The van der Waals surface area contributed by atoms with E-state index < -0.39 is 0 Å². The predicted molar refractivity (Wildman–Crippen MR) is 113 cm³/mol. The fraction of sp³-hybridized carbons (Fsp3) is 0.435. The van der Waals surface area contributed by atoms with Gasteiger partial charge in [-0.3, -0.25) is 4.79 Å². The van der Waals surface area contributed by atoms with Gasteiger partial charge in [0.1, 0.15) is 0 Å². The van der Waals surface area contributed by atoms with E-state index in [0.717, 1.165) is 42.0 Å². The maximum absolute atomic E-state index is 13.1. The molecule has 0 saturated carbocycles. The van der Waals surface area contributed by atoms with Crippen molar-refractivity contribution in [3.8, 4) is 11.5 Å². The van der Waals surface area contributed by atoms with Crippen LogP contribution in [-0.4, -0.2) is 52.4 Å². The van der Waals surface area contributed by atoms with Gasteiger partial charge in [0.15, 0.2) is 0 Å². The second-order valence-corrected chi connectivity index (χ2v) is 7.91. The lowest BCUT2D eigenvalue weighted by molar-refractivity contribution is 0.0785. The number of nitrogens with zero attached hydrogens (tertiary/aromatic N) is 4. The van der Waals surface area contributed by atoms with Gasteiger partial charge in [0.25, 0.3) is 5.91 Å². The number of likely N-dealkylation sites (tertiary alicyclic amines) is 1. The molecule has 1 aromatic carbocycles. The summed E-state index contributed by atoms with van der Waals surface area (Å²) in [4.78, 5) is 15.1. The largest absolute Gasteiger partial charge is 0.421 e. The van der Waals surface area contributed by atoms with Gasteiger partial charge >= 0.3 is 0 Å². The van der Waals surface area contributed by atoms with Crippen LogP contribution in [0.4, 0.5) is 0 Å². The van der Waals surface area contributed by atoms with Gasteiger partial charge in [-0.1, -0.05) is 18.2 Å². The quantitative estimate of drug-likeness (QED) is 0.598. The van der Waals surface area contributed by atoms with Crippen LogP contribution in [0, 0.1) is 19.8 Å². The average molecular weight is 409 g/mol. The van der Waals surface area contributed by atoms with Gasteiger partial charge in [0.05, 0.1) is 12.2 Å². The Labute approximate surface area is 176 Å². The fourth-order valence-corrected chi connectivity index (χ4v) is 4.18. The van der Waals surface area contributed by atoms with Gasteiger partial charge in [0, 0.05) is 50.1 Å². The number of carbonyl (C=O) groups is 1. The van der Waals surface area contributed by atoms with Gasteiger partial charge in [-0.25, -0.2) is 0 Å². The van der Waals surface area contributed by atoms with Gasteiger partial charge in [-0.2, -0.15) is 0 Å². The van der Waals surface area contributed by atoms with Crippen LogP contribution in [0.15, 0.2) is 40.8 Å². The Balaban J connectivity index is 1.39. The molecule has 3 aromatic rings. The molecule has 0 bridgehead atoms.